The number of rotatable bonds is 8. The topological polar surface area (TPSA) is 27.1 Å². The molecule has 0 bridgehead atoms. The summed E-state index contributed by atoms with van der Waals surface area (Å²) in [6.07, 6.45) is 12.0. The molecule has 0 aliphatic carbocycles. The molecule has 1 aromatic heterocycles. The molecule has 3 nitrogen and oxygen atoms in total. The Morgan fingerprint density at radius 2 is 1.75 bits per heavy atom. The maximum Gasteiger partial charge on any atom is 0.126 e. The molecule has 0 fully saturated rings. The van der Waals surface area contributed by atoms with Gasteiger partial charge in [-0.1, -0.05) is 60.7 Å². The molecular formula is C21H22N2O. The number of ether oxygens (including phenoxy) is 1. The lowest BCUT2D eigenvalue weighted by molar-refractivity contribution is 0.302. The fourth-order valence-corrected chi connectivity index (χ4v) is 2.50. The van der Waals surface area contributed by atoms with E-state index in [0.717, 1.165) is 37.3 Å². The van der Waals surface area contributed by atoms with Crippen molar-refractivity contribution in [1.29, 1.82) is 0 Å². The summed E-state index contributed by atoms with van der Waals surface area (Å²) < 4.78 is 8.06. The van der Waals surface area contributed by atoms with Crippen molar-refractivity contribution >= 4 is 12.2 Å². The van der Waals surface area contributed by atoms with E-state index in [1.807, 2.05) is 55.1 Å². The Hall–Kier alpha value is -2.81. The highest BCUT2D eigenvalue weighted by Crippen LogP contribution is 2.21. The van der Waals surface area contributed by atoms with Crippen LogP contribution in [0.1, 0.15) is 24.0 Å². The standard InChI is InChI=1S/C21H22N2O/c1-2-8-19(9-3-1)12-13-20-10-4-5-11-21(20)24-17-7-6-15-23-16-14-22-18-23/h1-5,8-14,16,18H,6-7,15,17H2/b13-12+. The van der Waals surface area contributed by atoms with Crippen LogP contribution in [0.15, 0.2) is 73.3 Å². The van der Waals surface area contributed by atoms with Gasteiger partial charge in [-0.2, -0.15) is 0 Å². The monoisotopic (exact) mass is 318 g/mol. The number of aromatic nitrogens is 2. The Bertz CT molecular complexity index is 749. The number of unbranched alkanes of at least 4 members (excludes halogenated alkanes) is 1. The average Bonchev–Trinajstić information content (AvgIpc) is 3.15. The van der Waals surface area contributed by atoms with Crippen LogP contribution in [-0.4, -0.2) is 16.2 Å². The molecule has 0 N–H and O–H groups in total. The zero-order valence-electron chi connectivity index (χ0n) is 13.7. The third-order valence-corrected chi connectivity index (χ3v) is 3.80. The SMILES string of the molecule is C(=C\c1ccccc1OCCCCn1ccnc1)/c1ccccc1. The molecule has 0 amide bonds. The fraction of sp³-hybridized carbons (Fsp3) is 0.190. The predicted octanol–water partition coefficient (Wildman–Crippen LogP) is 4.91. The Morgan fingerprint density at radius 1 is 0.917 bits per heavy atom. The number of hydrogen-bond donors (Lipinski definition) is 0. The van der Waals surface area contributed by atoms with Crippen LogP contribution in [-0.2, 0) is 6.54 Å². The Labute approximate surface area is 143 Å². The van der Waals surface area contributed by atoms with Crippen molar-refractivity contribution in [2.24, 2.45) is 0 Å². The van der Waals surface area contributed by atoms with Gasteiger partial charge in [0.1, 0.15) is 5.75 Å². The van der Waals surface area contributed by atoms with Crippen LogP contribution in [0.3, 0.4) is 0 Å². The molecule has 24 heavy (non-hydrogen) atoms. The molecule has 0 aliphatic heterocycles. The van der Waals surface area contributed by atoms with Crippen LogP contribution >= 0.6 is 0 Å². The zero-order valence-corrected chi connectivity index (χ0v) is 13.7. The van der Waals surface area contributed by atoms with E-state index >= 15 is 0 Å². The molecule has 0 atom stereocenters. The first-order chi connectivity index (χ1) is 11.9. The number of aryl methyl sites for hydroxylation is 1. The minimum absolute atomic E-state index is 0.727. The Kier molecular flexibility index (Phi) is 5.84. The highest BCUT2D eigenvalue weighted by Gasteiger charge is 2.00. The van der Waals surface area contributed by atoms with Crippen molar-refractivity contribution in [3.8, 4) is 5.75 Å². The molecule has 0 radical (unpaired) electrons. The van der Waals surface area contributed by atoms with E-state index in [1.54, 1.807) is 0 Å². The van der Waals surface area contributed by atoms with Crippen molar-refractivity contribution in [3.05, 3.63) is 84.4 Å². The molecule has 0 saturated heterocycles. The summed E-state index contributed by atoms with van der Waals surface area (Å²) in [4.78, 5) is 4.05. The average molecular weight is 318 g/mol. The summed E-state index contributed by atoms with van der Waals surface area (Å²) in [6, 6.07) is 18.5. The first-order valence-corrected chi connectivity index (χ1v) is 8.32. The summed E-state index contributed by atoms with van der Waals surface area (Å²) >= 11 is 0. The third-order valence-electron chi connectivity index (χ3n) is 3.80. The molecule has 3 aromatic rings. The lowest BCUT2D eigenvalue weighted by atomic mass is 10.1. The number of para-hydroxylation sites is 1. The quantitative estimate of drug-likeness (QED) is 0.436. The van der Waals surface area contributed by atoms with Gasteiger partial charge < -0.3 is 9.30 Å². The lowest BCUT2D eigenvalue weighted by Gasteiger charge is -2.09. The van der Waals surface area contributed by atoms with Gasteiger partial charge in [-0.15, -0.1) is 0 Å². The second-order valence-corrected chi connectivity index (χ2v) is 5.64. The molecule has 0 spiro atoms. The van der Waals surface area contributed by atoms with Gasteiger partial charge in [0.2, 0.25) is 0 Å². The van der Waals surface area contributed by atoms with Gasteiger partial charge in [0.05, 0.1) is 12.9 Å². The van der Waals surface area contributed by atoms with Crippen LogP contribution in [0.2, 0.25) is 0 Å². The maximum absolute atomic E-state index is 5.97. The van der Waals surface area contributed by atoms with E-state index < -0.39 is 0 Å². The number of benzene rings is 2. The van der Waals surface area contributed by atoms with Crippen LogP contribution in [0.5, 0.6) is 5.75 Å². The second kappa shape index (κ2) is 8.73. The lowest BCUT2D eigenvalue weighted by Crippen LogP contribution is -2.01. The van der Waals surface area contributed by atoms with Crippen molar-refractivity contribution in [2.75, 3.05) is 6.61 Å². The molecule has 0 unspecified atom stereocenters. The van der Waals surface area contributed by atoms with E-state index in [-0.39, 0.29) is 0 Å². The largest absolute Gasteiger partial charge is 0.493 e. The highest BCUT2D eigenvalue weighted by molar-refractivity contribution is 5.72. The Morgan fingerprint density at radius 3 is 2.58 bits per heavy atom. The smallest absolute Gasteiger partial charge is 0.126 e. The molecule has 2 aromatic carbocycles. The molecule has 1 heterocycles. The van der Waals surface area contributed by atoms with Crippen molar-refractivity contribution < 1.29 is 4.74 Å². The third kappa shape index (κ3) is 4.85. The van der Waals surface area contributed by atoms with Crippen LogP contribution in [0.25, 0.3) is 12.2 Å². The maximum atomic E-state index is 5.97. The van der Waals surface area contributed by atoms with Gasteiger partial charge in [-0.25, -0.2) is 4.98 Å². The fourth-order valence-electron chi connectivity index (χ4n) is 2.50. The number of nitrogens with zero attached hydrogens (tertiary/aromatic N) is 2. The van der Waals surface area contributed by atoms with Crippen molar-refractivity contribution in [3.63, 3.8) is 0 Å². The van der Waals surface area contributed by atoms with Gasteiger partial charge >= 0.3 is 0 Å². The van der Waals surface area contributed by atoms with E-state index in [2.05, 4.69) is 39.9 Å². The van der Waals surface area contributed by atoms with Crippen molar-refractivity contribution in [2.45, 2.75) is 19.4 Å². The van der Waals surface area contributed by atoms with E-state index in [9.17, 15) is 0 Å². The van der Waals surface area contributed by atoms with Gasteiger partial charge in [0, 0.05) is 24.5 Å². The van der Waals surface area contributed by atoms with Gasteiger partial charge in [-0.05, 0) is 24.5 Å². The van der Waals surface area contributed by atoms with Gasteiger partial charge in [0.15, 0.2) is 0 Å². The molecule has 3 heteroatoms. The summed E-state index contributed by atoms with van der Waals surface area (Å²) in [5, 5.41) is 0. The molecule has 122 valence electrons. The Balaban J connectivity index is 1.51. The number of imidazole rings is 1. The minimum atomic E-state index is 0.727. The first-order valence-electron chi connectivity index (χ1n) is 8.32. The normalized spacial score (nSPS) is 11.0. The first kappa shape index (κ1) is 16.1. The van der Waals surface area contributed by atoms with Crippen LogP contribution < -0.4 is 4.74 Å². The van der Waals surface area contributed by atoms with Gasteiger partial charge in [0.25, 0.3) is 0 Å². The van der Waals surface area contributed by atoms with E-state index in [0.29, 0.717) is 0 Å². The predicted molar refractivity (Wildman–Crippen MR) is 98.8 cm³/mol. The molecule has 0 aliphatic rings. The second-order valence-electron chi connectivity index (χ2n) is 5.64. The van der Waals surface area contributed by atoms with E-state index in [4.69, 9.17) is 4.74 Å². The number of hydrogen-bond acceptors (Lipinski definition) is 2. The molecule has 3 rings (SSSR count). The zero-order chi connectivity index (χ0) is 16.5. The summed E-state index contributed by atoms with van der Waals surface area (Å²) in [5.41, 5.74) is 2.29. The van der Waals surface area contributed by atoms with Crippen LogP contribution in [0.4, 0.5) is 0 Å². The molecular weight excluding hydrogens is 296 g/mol. The van der Waals surface area contributed by atoms with Crippen LogP contribution in [0, 0.1) is 0 Å². The van der Waals surface area contributed by atoms with Gasteiger partial charge in [-0.3, -0.25) is 0 Å². The summed E-state index contributed by atoms with van der Waals surface area (Å²) in [6.45, 7) is 1.71. The summed E-state index contributed by atoms with van der Waals surface area (Å²) in [5.74, 6) is 0.937. The minimum Gasteiger partial charge on any atom is -0.493 e. The van der Waals surface area contributed by atoms with Crippen molar-refractivity contribution in [1.82, 2.24) is 9.55 Å². The highest BCUT2D eigenvalue weighted by atomic mass is 16.5. The molecule has 0 saturated carbocycles. The van der Waals surface area contributed by atoms with E-state index in [1.165, 1.54) is 5.56 Å². The summed E-state index contributed by atoms with van der Waals surface area (Å²) in [7, 11) is 0.